The van der Waals surface area contributed by atoms with Gasteiger partial charge in [-0.25, -0.2) is 29.3 Å². The number of hydrogen-bond acceptors (Lipinski definition) is 9. The van der Waals surface area contributed by atoms with Gasteiger partial charge in [0.05, 0.1) is 21.9 Å². The van der Waals surface area contributed by atoms with Crippen molar-refractivity contribution < 1.29 is 0 Å². The molecule has 0 saturated carbocycles. The number of fused-ring (bicyclic) bond motifs is 2. The Balaban J connectivity index is 1.96. The van der Waals surface area contributed by atoms with Crippen molar-refractivity contribution in [2.75, 3.05) is 11.5 Å². The maximum atomic E-state index is 6.19. The number of aromatic nitrogens is 8. The predicted molar refractivity (Wildman–Crippen MR) is 114 cm³/mol. The molecule has 4 rings (SSSR count). The van der Waals surface area contributed by atoms with Crippen molar-refractivity contribution in [1.82, 2.24) is 39.5 Å². The van der Waals surface area contributed by atoms with Gasteiger partial charge in [-0.15, -0.1) is 0 Å². The molecule has 4 N–H and O–H groups in total. The van der Waals surface area contributed by atoms with Crippen molar-refractivity contribution in [3.05, 3.63) is 12.7 Å². The fourth-order valence-corrected chi connectivity index (χ4v) is 4.08. The van der Waals surface area contributed by atoms with Crippen LogP contribution >= 0.6 is 11.8 Å². The Morgan fingerprint density at radius 1 is 0.690 bits per heavy atom. The summed E-state index contributed by atoms with van der Waals surface area (Å²) in [4.78, 5) is 17.1. The smallest absolute Gasteiger partial charge is 0.165 e. The largest absolute Gasteiger partial charge is 0.383 e. The highest BCUT2D eigenvalue weighted by Crippen LogP contribution is 2.40. The van der Waals surface area contributed by atoms with Gasteiger partial charge in [-0.3, -0.25) is 0 Å². The van der Waals surface area contributed by atoms with E-state index in [2.05, 4.69) is 61.5 Å². The highest BCUT2D eigenvalue weighted by molar-refractivity contribution is 7.99. The Morgan fingerprint density at radius 2 is 1.07 bits per heavy atom. The van der Waals surface area contributed by atoms with Crippen molar-refractivity contribution in [3.63, 3.8) is 0 Å². The van der Waals surface area contributed by atoms with Gasteiger partial charge in [-0.2, -0.15) is 10.2 Å². The summed E-state index contributed by atoms with van der Waals surface area (Å²) in [6.07, 6.45) is 2.90. The van der Waals surface area contributed by atoms with Gasteiger partial charge in [0.2, 0.25) is 0 Å². The quantitative estimate of drug-likeness (QED) is 0.508. The van der Waals surface area contributed by atoms with Crippen LogP contribution in [0.15, 0.2) is 22.7 Å². The molecule has 0 aromatic carbocycles. The van der Waals surface area contributed by atoms with Crippen LogP contribution in [0.3, 0.4) is 0 Å². The molecule has 0 unspecified atom stereocenters. The van der Waals surface area contributed by atoms with E-state index in [4.69, 9.17) is 21.7 Å². The van der Waals surface area contributed by atoms with Crippen LogP contribution < -0.4 is 11.5 Å². The molecule has 29 heavy (non-hydrogen) atoms. The Hall–Kier alpha value is -2.95. The molecule has 0 bridgehead atoms. The van der Waals surface area contributed by atoms with Gasteiger partial charge in [0.15, 0.2) is 11.3 Å². The van der Waals surface area contributed by atoms with Gasteiger partial charge in [-0.05, 0) is 53.3 Å². The second-order valence-corrected chi connectivity index (χ2v) is 9.77. The fraction of sp³-hybridized carbons (Fsp3) is 0.444. The van der Waals surface area contributed by atoms with Crippen LogP contribution in [0.1, 0.15) is 41.5 Å². The third kappa shape index (κ3) is 3.15. The lowest BCUT2D eigenvalue weighted by Gasteiger charge is -2.19. The molecular formula is C18H24N10S. The summed E-state index contributed by atoms with van der Waals surface area (Å²) in [6.45, 7) is 12.3. The average Bonchev–Trinajstić information content (AvgIpc) is 3.16. The molecule has 0 fully saturated rings. The first-order valence-corrected chi connectivity index (χ1v) is 9.97. The zero-order valence-electron chi connectivity index (χ0n) is 17.3. The normalized spacial score (nSPS) is 12.9. The molecule has 11 heteroatoms. The summed E-state index contributed by atoms with van der Waals surface area (Å²) in [5.41, 5.74) is 13.2. The van der Waals surface area contributed by atoms with E-state index in [9.17, 15) is 0 Å². The van der Waals surface area contributed by atoms with Crippen molar-refractivity contribution >= 4 is 45.5 Å². The van der Waals surface area contributed by atoms with Gasteiger partial charge in [-0.1, -0.05) is 0 Å². The number of hydrogen-bond donors (Lipinski definition) is 2. The van der Waals surface area contributed by atoms with Crippen molar-refractivity contribution in [2.24, 2.45) is 0 Å². The molecule has 152 valence electrons. The van der Waals surface area contributed by atoms with E-state index in [1.807, 2.05) is 9.36 Å². The summed E-state index contributed by atoms with van der Waals surface area (Å²) in [7, 11) is 0. The zero-order chi connectivity index (χ0) is 21.1. The molecule has 0 saturated heterocycles. The monoisotopic (exact) mass is 412 g/mol. The Labute approximate surface area is 172 Å². The zero-order valence-corrected chi connectivity index (χ0v) is 18.1. The van der Waals surface area contributed by atoms with Gasteiger partial charge in [0.1, 0.15) is 34.3 Å². The lowest BCUT2D eigenvalue weighted by atomic mass is 10.1. The van der Waals surface area contributed by atoms with Crippen LogP contribution in [-0.2, 0) is 11.1 Å². The van der Waals surface area contributed by atoms with E-state index in [1.165, 1.54) is 24.4 Å². The Kier molecular flexibility index (Phi) is 4.19. The SMILES string of the molecule is CC(C)(C)n1nc(Sc2nn(C(C)(C)C)c3ncnc(N)c23)c2c(N)ncnc21. The number of nitrogens with zero attached hydrogens (tertiary/aromatic N) is 8. The number of nitrogens with two attached hydrogens (primary N) is 2. The molecule has 4 heterocycles. The Morgan fingerprint density at radius 3 is 1.41 bits per heavy atom. The molecule has 0 radical (unpaired) electrons. The lowest BCUT2D eigenvalue weighted by Crippen LogP contribution is -2.23. The topological polar surface area (TPSA) is 139 Å². The van der Waals surface area contributed by atoms with Crippen LogP contribution in [0.2, 0.25) is 0 Å². The minimum atomic E-state index is -0.285. The average molecular weight is 413 g/mol. The molecule has 0 aliphatic heterocycles. The minimum Gasteiger partial charge on any atom is -0.383 e. The van der Waals surface area contributed by atoms with E-state index < -0.39 is 0 Å². The summed E-state index contributed by atoms with van der Waals surface area (Å²) in [5.74, 6) is 0.744. The molecule has 0 aliphatic carbocycles. The van der Waals surface area contributed by atoms with E-state index in [-0.39, 0.29) is 11.1 Å². The van der Waals surface area contributed by atoms with E-state index >= 15 is 0 Å². The van der Waals surface area contributed by atoms with Gasteiger partial charge < -0.3 is 11.5 Å². The predicted octanol–water partition coefficient (Wildman–Crippen LogP) is 2.79. The van der Waals surface area contributed by atoms with Crippen molar-refractivity contribution in [1.29, 1.82) is 0 Å². The first-order valence-electron chi connectivity index (χ1n) is 9.15. The first-order chi connectivity index (χ1) is 13.5. The van der Waals surface area contributed by atoms with Gasteiger partial charge in [0.25, 0.3) is 0 Å². The van der Waals surface area contributed by atoms with Crippen LogP contribution in [0.5, 0.6) is 0 Å². The maximum absolute atomic E-state index is 6.19. The van der Waals surface area contributed by atoms with E-state index in [1.54, 1.807) is 0 Å². The molecular weight excluding hydrogens is 388 g/mol. The third-order valence-electron chi connectivity index (χ3n) is 4.39. The molecule has 4 aromatic rings. The van der Waals surface area contributed by atoms with Gasteiger partial charge in [0, 0.05) is 0 Å². The van der Waals surface area contributed by atoms with E-state index in [0.29, 0.717) is 43.8 Å². The second-order valence-electron chi connectivity index (χ2n) is 8.79. The van der Waals surface area contributed by atoms with Crippen LogP contribution in [-0.4, -0.2) is 39.5 Å². The second kappa shape index (κ2) is 6.28. The summed E-state index contributed by atoms with van der Waals surface area (Å²) < 4.78 is 3.71. The molecule has 0 spiro atoms. The lowest BCUT2D eigenvalue weighted by molar-refractivity contribution is 0.359. The molecule has 0 atom stereocenters. The minimum absolute atomic E-state index is 0.285. The number of anilines is 2. The van der Waals surface area contributed by atoms with E-state index in [0.717, 1.165) is 0 Å². The summed E-state index contributed by atoms with van der Waals surface area (Å²) >= 11 is 1.36. The Bertz CT molecular complexity index is 1130. The maximum Gasteiger partial charge on any atom is 0.165 e. The fourth-order valence-electron chi connectivity index (χ4n) is 3.06. The first kappa shape index (κ1) is 19.4. The third-order valence-corrected chi connectivity index (χ3v) is 5.35. The van der Waals surface area contributed by atoms with Crippen LogP contribution in [0.4, 0.5) is 11.6 Å². The molecule has 10 nitrogen and oxygen atoms in total. The van der Waals surface area contributed by atoms with Crippen LogP contribution in [0, 0.1) is 0 Å². The van der Waals surface area contributed by atoms with Crippen molar-refractivity contribution in [2.45, 2.75) is 62.7 Å². The molecule has 0 aliphatic rings. The highest BCUT2D eigenvalue weighted by atomic mass is 32.2. The molecule has 0 amide bonds. The number of rotatable bonds is 2. The molecule has 4 aromatic heterocycles. The number of nitrogen functional groups attached to an aromatic ring is 2. The summed E-state index contributed by atoms with van der Waals surface area (Å²) in [6, 6.07) is 0. The van der Waals surface area contributed by atoms with Crippen molar-refractivity contribution in [3.8, 4) is 0 Å². The van der Waals surface area contributed by atoms with Crippen LogP contribution in [0.25, 0.3) is 22.1 Å². The summed E-state index contributed by atoms with van der Waals surface area (Å²) in [5, 5.41) is 12.3. The standard InChI is InChI=1S/C18H24N10S/c1-17(2,3)27-13-9(11(19)21-7-23-13)15(25-27)29-16-10-12(20)22-8-24-14(10)28(26-16)18(4,5)6/h7-8H,1-6H3,(H2,19,21,23)(H2,20,22,24). The van der Waals surface area contributed by atoms with Gasteiger partial charge >= 0.3 is 0 Å². The highest BCUT2D eigenvalue weighted by Gasteiger charge is 2.27.